The lowest BCUT2D eigenvalue weighted by Crippen LogP contribution is -2.33. The third-order valence-electron chi connectivity index (χ3n) is 4.39. The zero-order chi connectivity index (χ0) is 18.4. The Kier molecular flexibility index (Phi) is 7.02. The van der Waals surface area contributed by atoms with Crippen LogP contribution in [0.1, 0.15) is 25.0 Å². The number of esters is 1. The highest BCUT2D eigenvalue weighted by Crippen LogP contribution is 2.30. The number of thiazole rings is 1. The minimum atomic E-state index is -0.197. The Bertz CT molecular complexity index is 731. The van der Waals surface area contributed by atoms with Crippen LogP contribution in [0, 0.1) is 0 Å². The van der Waals surface area contributed by atoms with Gasteiger partial charge in [0.2, 0.25) is 0 Å². The zero-order valence-electron chi connectivity index (χ0n) is 14.8. The predicted molar refractivity (Wildman–Crippen MR) is 103 cm³/mol. The van der Waals surface area contributed by atoms with Crippen LogP contribution in [0.3, 0.4) is 0 Å². The van der Waals surface area contributed by atoms with Crippen molar-refractivity contribution in [2.75, 3.05) is 26.8 Å². The predicted octanol–water partition coefficient (Wildman–Crippen LogP) is 4.01. The van der Waals surface area contributed by atoms with E-state index in [0.29, 0.717) is 24.5 Å². The molecule has 5 nitrogen and oxygen atoms in total. The number of aromatic nitrogens is 1. The topological polar surface area (TPSA) is 51.7 Å². The maximum absolute atomic E-state index is 11.5. The molecule has 1 unspecified atom stereocenters. The van der Waals surface area contributed by atoms with E-state index < -0.39 is 0 Å². The van der Waals surface area contributed by atoms with Crippen molar-refractivity contribution in [3.8, 4) is 10.6 Å². The van der Waals surface area contributed by atoms with Crippen LogP contribution in [0.4, 0.5) is 0 Å². The van der Waals surface area contributed by atoms with E-state index >= 15 is 0 Å². The first-order valence-electron chi connectivity index (χ1n) is 8.76. The van der Waals surface area contributed by atoms with Gasteiger partial charge in [-0.05, 0) is 18.9 Å². The van der Waals surface area contributed by atoms with Crippen molar-refractivity contribution in [3.63, 3.8) is 0 Å². The van der Waals surface area contributed by atoms with Crippen LogP contribution in [-0.4, -0.2) is 48.8 Å². The van der Waals surface area contributed by atoms with Crippen molar-refractivity contribution in [1.29, 1.82) is 0 Å². The number of hydrogen-bond donors (Lipinski definition) is 0. The summed E-state index contributed by atoms with van der Waals surface area (Å²) >= 11 is 7.86. The van der Waals surface area contributed by atoms with Gasteiger partial charge < -0.3 is 9.47 Å². The van der Waals surface area contributed by atoms with Gasteiger partial charge in [-0.1, -0.05) is 29.8 Å². The van der Waals surface area contributed by atoms with E-state index in [1.54, 1.807) is 11.3 Å². The van der Waals surface area contributed by atoms with Crippen molar-refractivity contribution in [1.82, 2.24) is 9.88 Å². The number of ether oxygens (including phenoxy) is 2. The van der Waals surface area contributed by atoms with Gasteiger partial charge in [0.25, 0.3) is 0 Å². The van der Waals surface area contributed by atoms with Gasteiger partial charge in [0.05, 0.1) is 30.4 Å². The highest BCUT2D eigenvalue weighted by molar-refractivity contribution is 7.13. The lowest BCUT2D eigenvalue weighted by molar-refractivity contribution is -0.141. The molecule has 0 spiro atoms. The highest BCUT2D eigenvalue weighted by Gasteiger charge is 2.21. The summed E-state index contributed by atoms with van der Waals surface area (Å²) < 4.78 is 10.5. The van der Waals surface area contributed by atoms with Gasteiger partial charge in [-0.2, -0.15) is 0 Å². The number of nitrogens with zero attached hydrogens (tertiary/aromatic N) is 2. The number of benzene rings is 1. The minimum Gasteiger partial charge on any atom is -0.469 e. The molecule has 26 heavy (non-hydrogen) atoms. The van der Waals surface area contributed by atoms with E-state index in [-0.39, 0.29) is 12.1 Å². The van der Waals surface area contributed by atoms with Crippen LogP contribution in [0.25, 0.3) is 10.6 Å². The first kappa shape index (κ1) is 19.3. The Labute approximate surface area is 162 Å². The Morgan fingerprint density at radius 3 is 3.04 bits per heavy atom. The molecule has 1 aliphatic heterocycles. The van der Waals surface area contributed by atoms with Gasteiger partial charge >= 0.3 is 5.97 Å². The number of carbonyl (C=O) groups is 1. The SMILES string of the molecule is COC(=O)CCN(Cc1csc(-c2ccccc2Cl)n1)CC1CCCO1. The van der Waals surface area contributed by atoms with Crippen molar-refractivity contribution < 1.29 is 14.3 Å². The van der Waals surface area contributed by atoms with E-state index in [9.17, 15) is 4.79 Å². The smallest absolute Gasteiger partial charge is 0.306 e. The molecule has 0 N–H and O–H groups in total. The summed E-state index contributed by atoms with van der Waals surface area (Å²) in [5.41, 5.74) is 1.93. The number of methoxy groups -OCH3 is 1. The summed E-state index contributed by atoms with van der Waals surface area (Å²) in [6.07, 6.45) is 2.76. The molecule has 0 amide bonds. The fourth-order valence-electron chi connectivity index (χ4n) is 3.03. The van der Waals surface area contributed by atoms with Crippen LogP contribution >= 0.6 is 22.9 Å². The molecule has 1 aliphatic rings. The van der Waals surface area contributed by atoms with Crippen LogP contribution in [-0.2, 0) is 20.8 Å². The monoisotopic (exact) mass is 394 g/mol. The third kappa shape index (κ3) is 5.27. The van der Waals surface area contributed by atoms with Gasteiger partial charge in [0.15, 0.2) is 0 Å². The molecule has 1 fully saturated rings. The van der Waals surface area contributed by atoms with Gasteiger partial charge in [0.1, 0.15) is 5.01 Å². The maximum atomic E-state index is 11.5. The normalized spacial score (nSPS) is 17.0. The van der Waals surface area contributed by atoms with Crippen molar-refractivity contribution in [3.05, 3.63) is 40.4 Å². The van der Waals surface area contributed by atoms with E-state index in [1.807, 2.05) is 24.3 Å². The lowest BCUT2D eigenvalue weighted by atomic mass is 10.2. The summed E-state index contributed by atoms with van der Waals surface area (Å²) in [5.74, 6) is -0.197. The molecule has 0 aliphatic carbocycles. The van der Waals surface area contributed by atoms with Crippen molar-refractivity contribution in [2.24, 2.45) is 0 Å². The maximum Gasteiger partial charge on any atom is 0.306 e. The molecule has 1 aromatic heterocycles. The average Bonchev–Trinajstić information content (AvgIpc) is 3.32. The summed E-state index contributed by atoms with van der Waals surface area (Å²) in [4.78, 5) is 18.5. The molecule has 7 heteroatoms. The standard InChI is InChI=1S/C19H23ClN2O3S/c1-24-18(23)8-9-22(12-15-5-4-10-25-15)11-14-13-26-19(21-14)16-6-2-3-7-17(16)20/h2-3,6-7,13,15H,4-5,8-12H2,1H3. The second kappa shape index (κ2) is 9.46. The molecule has 140 valence electrons. The third-order valence-corrected chi connectivity index (χ3v) is 5.64. The van der Waals surface area contributed by atoms with Crippen molar-refractivity contribution >= 4 is 28.9 Å². The second-order valence-electron chi connectivity index (χ2n) is 6.32. The van der Waals surface area contributed by atoms with Gasteiger partial charge in [0, 0.05) is 37.2 Å². The zero-order valence-corrected chi connectivity index (χ0v) is 16.4. The van der Waals surface area contributed by atoms with Crippen LogP contribution < -0.4 is 0 Å². The lowest BCUT2D eigenvalue weighted by Gasteiger charge is -2.24. The van der Waals surface area contributed by atoms with Crippen molar-refractivity contribution in [2.45, 2.75) is 31.9 Å². The molecule has 1 atom stereocenters. The molecule has 2 aromatic rings. The van der Waals surface area contributed by atoms with Crippen LogP contribution in [0.2, 0.25) is 5.02 Å². The molecular weight excluding hydrogens is 372 g/mol. The molecule has 3 rings (SSSR count). The molecule has 0 radical (unpaired) electrons. The Morgan fingerprint density at radius 2 is 2.31 bits per heavy atom. The Morgan fingerprint density at radius 1 is 1.46 bits per heavy atom. The van der Waals surface area contributed by atoms with Gasteiger partial charge in [-0.25, -0.2) is 4.98 Å². The Balaban J connectivity index is 1.67. The first-order chi connectivity index (χ1) is 12.7. The molecule has 2 heterocycles. The quantitative estimate of drug-likeness (QED) is 0.633. The highest BCUT2D eigenvalue weighted by atomic mass is 35.5. The number of halogens is 1. The molecule has 1 aromatic carbocycles. The number of carbonyl (C=O) groups excluding carboxylic acids is 1. The van der Waals surface area contributed by atoms with Gasteiger partial charge in [-0.3, -0.25) is 9.69 Å². The Hall–Kier alpha value is -1.47. The summed E-state index contributed by atoms with van der Waals surface area (Å²) in [6.45, 7) is 2.93. The van der Waals surface area contributed by atoms with Crippen LogP contribution in [0.15, 0.2) is 29.6 Å². The number of rotatable bonds is 8. The molecule has 0 saturated carbocycles. The fourth-order valence-corrected chi connectivity index (χ4v) is 4.16. The number of hydrogen-bond acceptors (Lipinski definition) is 6. The summed E-state index contributed by atoms with van der Waals surface area (Å²) in [7, 11) is 1.42. The van der Waals surface area contributed by atoms with Gasteiger partial charge in [-0.15, -0.1) is 11.3 Å². The molecular formula is C19H23ClN2O3S. The minimum absolute atomic E-state index is 0.197. The summed E-state index contributed by atoms with van der Waals surface area (Å²) in [5, 5.41) is 3.67. The average molecular weight is 395 g/mol. The largest absolute Gasteiger partial charge is 0.469 e. The first-order valence-corrected chi connectivity index (χ1v) is 10.0. The van der Waals surface area contributed by atoms with E-state index in [1.165, 1.54) is 7.11 Å². The molecule has 0 bridgehead atoms. The summed E-state index contributed by atoms with van der Waals surface area (Å²) in [6, 6.07) is 7.73. The fraction of sp³-hybridized carbons (Fsp3) is 0.474. The second-order valence-corrected chi connectivity index (χ2v) is 7.59. The molecule has 1 saturated heterocycles. The van der Waals surface area contributed by atoms with E-state index in [2.05, 4.69) is 10.3 Å². The van der Waals surface area contributed by atoms with E-state index in [4.69, 9.17) is 26.1 Å². The van der Waals surface area contributed by atoms with Crippen LogP contribution in [0.5, 0.6) is 0 Å². The van der Waals surface area contributed by atoms with E-state index in [0.717, 1.165) is 42.3 Å².